The van der Waals surface area contributed by atoms with Crippen LogP contribution in [0.2, 0.25) is 0 Å². The number of hydrogen-bond acceptors (Lipinski definition) is 1. The van der Waals surface area contributed by atoms with Gasteiger partial charge in [-0.15, -0.1) is 0 Å². The Hall–Kier alpha value is -1.37. The molecule has 178 valence electrons. The number of carbonyl (C=O) groups is 1. The van der Waals surface area contributed by atoms with Gasteiger partial charge >= 0.3 is 0 Å². The van der Waals surface area contributed by atoms with Crippen molar-refractivity contribution in [2.24, 2.45) is 5.92 Å². The van der Waals surface area contributed by atoms with E-state index in [1.165, 1.54) is 54.4 Å². The summed E-state index contributed by atoms with van der Waals surface area (Å²) in [5, 5.41) is 0. The maximum atomic E-state index is 13.0. The highest BCUT2D eigenvalue weighted by atomic mass is 16.1. The number of Topliss-reactive ketones (excluding diaryl/α,β-unsaturated/α-hetero) is 1. The van der Waals surface area contributed by atoms with Crippen molar-refractivity contribution in [3.63, 3.8) is 0 Å². The summed E-state index contributed by atoms with van der Waals surface area (Å²) in [7, 11) is 0. The predicted octanol–water partition coefficient (Wildman–Crippen LogP) is 10.1. The largest absolute Gasteiger partial charge is 0.299 e. The minimum atomic E-state index is 0.146. The summed E-state index contributed by atoms with van der Waals surface area (Å²) in [5.41, 5.74) is 5.60. The first-order valence-electron chi connectivity index (χ1n) is 12.9. The van der Waals surface area contributed by atoms with E-state index in [-0.39, 0.29) is 5.92 Å². The van der Waals surface area contributed by atoms with Gasteiger partial charge in [0.1, 0.15) is 5.78 Å². The fourth-order valence-electron chi connectivity index (χ4n) is 3.71. The summed E-state index contributed by atoms with van der Waals surface area (Å²) in [6.45, 7) is 15.3. The van der Waals surface area contributed by atoms with Crippen LogP contribution in [-0.2, 0) is 4.79 Å². The first-order valence-corrected chi connectivity index (χ1v) is 12.9. The normalized spacial score (nSPS) is 12.3. The van der Waals surface area contributed by atoms with Crippen molar-refractivity contribution < 1.29 is 4.79 Å². The molecule has 0 N–H and O–H groups in total. The van der Waals surface area contributed by atoms with Crippen molar-refractivity contribution >= 4 is 5.78 Å². The van der Waals surface area contributed by atoms with Crippen molar-refractivity contribution in [3.05, 3.63) is 46.6 Å². The molecular weight excluding hydrogens is 376 g/mol. The second kappa shape index (κ2) is 19.3. The molecule has 0 aromatic carbocycles. The van der Waals surface area contributed by atoms with Gasteiger partial charge in [0.25, 0.3) is 0 Å². The van der Waals surface area contributed by atoms with E-state index < -0.39 is 0 Å². The smallest absolute Gasteiger partial charge is 0.136 e. The summed E-state index contributed by atoms with van der Waals surface area (Å²) in [4.78, 5) is 13.0. The molecule has 31 heavy (non-hydrogen) atoms. The third-order valence-electron chi connectivity index (χ3n) is 5.92. The van der Waals surface area contributed by atoms with E-state index in [4.69, 9.17) is 0 Å². The van der Waals surface area contributed by atoms with Gasteiger partial charge in [-0.1, -0.05) is 85.6 Å². The summed E-state index contributed by atoms with van der Waals surface area (Å²) < 4.78 is 0. The number of carbonyl (C=O) groups excluding carboxylic acids is 1. The van der Waals surface area contributed by atoms with Crippen LogP contribution in [0.4, 0.5) is 0 Å². The molecule has 0 radical (unpaired) electrons. The highest BCUT2D eigenvalue weighted by Crippen LogP contribution is 2.21. The average Bonchev–Trinajstić information content (AvgIpc) is 2.69. The van der Waals surface area contributed by atoms with Gasteiger partial charge in [0.15, 0.2) is 0 Å². The number of ketones is 1. The van der Waals surface area contributed by atoms with Crippen molar-refractivity contribution in [2.75, 3.05) is 0 Å². The lowest BCUT2D eigenvalue weighted by Gasteiger charge is -2.14. The van der Waals surface area contributed by atoms with Crippen LogP contribution in [0.1, 0.15) is 132 Å². The minimum Gasteiger partial charge on any atom is -0.299 e. The van der Waals surface area contributed by atoms with Gasteiger partial charge in [0, 0.05) is 12.3 Å². The molecule has 0 spiro atoms. The van der Waals surface area contributed by atoms with Gasteiger partial charge in [-0.05, 0) is 86.5 Å². The molecule has 0 amide bonds. The number of allylic oxidation sites excluding steroid dienone is 8. The van der Waals surface area contributed by atoms with E-state index in [9.17, 15) is 4.79 Å². The first kappa shape index (κ1) is 29.6. The monoisotopic (exact) mass is 428 g/mol. The van der Waals surface area contributed by atoms with Gasteiger partial charge < -0.3 is 0 Å². The molecule has 0 heterocycles. The van der Waals surface area contributed by atoms with Crippen LogP contribution < -0.4 is 0 Å². The molecular formula is C30H52O. The molecule has 1 heteroatoms. The van der Waals surface area contributed by atoms with Gasteiger partial charge in [0.05, 0.1) is 0 Å². The molecule has 0 aliphatic carbocycles. The van der Waals surface area contributed by atoms with E-state index in [0.29, 0.717) is 5.78 Å². The Morgan fingerprint density at radius 1 is 0.613 bits per heavy atom. The summed E-state index contributed by atoms with van der Waals surface area (Å²) >= 11 is 0. The molecule has 0 bridgehead atoms. The molecule has 0 fully saturated rings. The lowest BCUT2D eigenvalue weighted by molar-refractivity contribution is -0.122. The second-order valence-electron chi connectivity index (χ2n) is 9.89. The predicted molar refractivity (Wildman–Crippen MR) is 141 cm³/mol. The Labute approximate surface area is 195 Å². The number of rotatable bonds is 18. The summed E-state index contributed by atoms with van der Waals surface area (Å²) in [5.74, 6) is 0.615. The molecule has 0 saturated heterocycles. The first-order chi connectivity index (χ1) is 14.8. The van der Waals surface area contributed by atoms with Crippen LogP contribution in [0.3, 0.4) is 0 Å². The summed E-state index contributed by atoms with van der Waals surface area (Å²) in [6.07, 6.45) is 23.7. The zero-order chi connectivity index (χ0) is 23.5. The quantitative estimate of drug-likeness (QED) is 0.157. The van der Waals surface area contributed by atoms with E-state index >= 15 is 0 Å². The molecule has 0 aromatic rings. The van der Waals surface area contributed by atoms with E-state index in [1.807, 2.05) is 0 Å². The Morgan fingerprint density at radius 2 is 1.06 bits per heavy atom. The zero-order valence-corrected chi connectivity index (χ0v) is 22.0. The molecule has 0 saturated carbocycles. The highest BCUT2D eigenvalue weighted by Gasteiger charge is 2.16. The average molecular weight is 429 g/mol. The third kappa shape index (κ3) is 19.1. The van der Waals surface area contributed by atoms with Crippen LogP contribution in [0, 0.1) is 5.92 Å². The molecule has 1 nitrogen and oxygen atoms in total. The molecule has 0 aliphatic heterocycles. The highest BCUT2D eigenvalue weighted by molar-refractivity contribution is 5.81. The van der Waals surface area contributed by atoms with Crippen LogP contribution in [0.15, 0.2) is 46.6 Å². The maximum absolute atomic E-state index is 13.0. The molecule has 0 aliphatic rings. The fraction of sp³-hybridized carbons (Fsp3) is 0.700. The Morgan fingerprint density at radius 3 is 1.52 bits per heavy atom. The number of hydrogen-bond donors (Lipinski definition) is 0. The second-order valence-corrected chi connectivity index (χ2v) is 9.89. The van der Waals surface area contributed by atoms with E-state index in [0.717, 1.165) is 51.4 Å². The van der Waals surface area contributed by atoms with Crippen LogP contribution in [-0.4, -0.2) is 5.78 Å². The SMILES string of the molecule is CCCCCCCCC(=O)C(C/C=C(\C)CCC=C(C)C)C/C=C(\C)CCC=C(C)C. The van der Waals surface area contributed by atoms with E-state index in [2.05, 4.69) is 72.8 Å². The molecule has 0 atom stereocenters. The maximum Gasteiger partial charge on any atom is 0.136 e. The standard InChI is InChI=1S/C30H52O/c1-8-9-10-11-12-13-20-30(31)29(23-21-27(6)18-14-16-25(2)3)24-22-28(7)19-15-17-26(4)5/h16-17,21-22,29H,8-15,18-20,23-24H2,1-7H3/b27-21+,28-22+. The van der Waals surface area contributed by atoms with Gasteiger partial charge in [-0.2, -0.15) is 0 Å². The number of unbranched alkanes of at least 4 members (excludes halogenated alkanes) is 5. The Balaban J connectivity index is 4.80. The van der Waals surface area contributed by atoms with Crippen molar-refractivity contribution in [2.45, 2.75) is 132 Å². The third-order valence-corrected chi connectivity index (χ3v) is 5.92. The lowest BCUT2D eigenvalue weighted by Crippen LogP contribution is -2.13. The topological polar surface area (TPSA) is 17.1 Å². The lowest BCUT2D eigenvalue weighted by atomic mass is 9.90. The van der Waals surface area contributed by atoms with Gasteiger partial charge in [-0.3, -0.25) is 4.79 Å². The molecule has 0 rings (SSSR count). The van der Waals surface area contributed by atoms with Crippen molar-refractivity contribution in [3.8, 4) is 0 Å². The minimum absolute atomic E-state index is 0.146. The van der Waals surface area contributed by atoms with Crippen molar-refractivity contribution in [1.29, 1.82) is 0 Å². The zero-order valence-electron chi connectivity index (χ0n) is 22.0. The summed E-state index contributed by atoms with van der Waals surface area (Å²) in [6, 6.07) is 0. The van der Waals surface area contributed by atoms with Crippen molar-refractivity contribution in [1.82, 2.24) is 0 Å². The van der Waals surface area contributed by atoms with Gasteiger partial charge in [-0.25, -0.2) is 0 Å². The fourth-order valence-corrected chi connectivity index (χ4v) is 3.71. The Bertz CT molecular complexity index is 552. The molecule has 0 unspecified atom stereocenters. The van der Waals surface area contributed by atoms with Crippen LogP contribution in [0.5, 0.6) is 0 Å². The van der Waals surface area contributed by atoms with E-state index in [1.54, 1.807) is 0 Å². The Kier molecular flexibility index (Phi) is 18.5. The molecule has 0 aromatic heterocycles. The van der Waals surface area contributed by atoms with Crippen LogP contribution in [0.25, 0.3) is 0 Å². The van der Waals surface area contributed by atoms with Gasteiger partial charge in [0.2, 0.25) is 0 Å². The van der Waals surface area contributed by atoms with Crippen LogP contribution >= 0.6 is 0 Å².